The van der Waals surface area contributed by atoms with Crippen LogP contribution >= 0.6 is 11.8 Å². The van der Waals surface area contributed by atoms with Gasteiger partial charge in [-0.25, -0.2) is 0 Å². The minimum Gasteiger partial charge on any atom is -0.487 e. The molecule has 2 rings (SSSR count). The van der Waals surface area contributed by atoms with Gasteiger partial charge in [0.25, 0.3) is 0 Å². The van der Waals surface area contributed by atoms with Gasteiger partial charge in [-0.05, 0) is 30.5 Å². The van der Waals surface area contributed by atoms with Gasteiger partial charge in [0.1, 0.15) is 11.9 Å². The summed E-state index contributed by atoms with van der Waals surface area (Å²) in [5.74, 6) is 2.06. The third-order valence-electron chi connectivity index (χ3n) is 3.45. The van der Waals surface area contributed by atoms with Gasteiger partial charge in [0.05, 0.1) is 0 Å². The number of rotatable bonds is 4. The van der Waals surface area contributed by atoms with Gasteiger partial charge in [-0.1, -0.05) is 39.8 Å². The van der Waals surface area contributed by atoms with E-state index in [1.807, 2.05) is 17.8 Å². The Morgan fingerprint density at radius 2 is 2.11 bits per heavy atom. The SMILES string of the molecule is CCCNC(C1CSc2ccccc2O1)C(C)(C)C. The third-order valence-corrected chi connectivity index (χ3v) is 4.59. The largest absolute Gasteiger partial charge is 0.487 e. The molecule has 19 heavy (non-hydrogen) atoms. The van der Waals surface area contributed by atoms with Gasteiger partial charge in [0.2, 0.25) is 0 Å². The van der Waals surface area contributed by atoms with E-state index in [4.69, 9.17) is 4.74 Å². The van der Waals surface area contributed by atoms with Crippen LogP contribution < -0.4 is 10.1 Å². The van der Waals surface area contributed by atoms with Crippen molar-refractivity contribution in [3.05, 3.63) is 24.3 Å². The van der Waals surface area contributed by atoms with Crippen LogP contribution in [0.1, 0.15) is 34.1 Å². The molecular weight excluding hydrogens is 254 g/mol. The van der Waals surface area contributed by atoms with Gasteiger partial charge >= 0.3 is 0 Å². The first-order valence-electron chi connectivity index (χ1n) is 7.14. The second kappa shape index (κ2) is 6.19. The van der Waals surface area contributed by atoms with Crippen LogP contribution in [0, 0.1) is 5.41 Å². The van der Waals surface area contributed by atoms with Crippen LogP contribution in [-0.2, 0) is 0 Å². The first-order valence-corrected chi connectivity index (χ1v) is 8.13. The van der Waals surface area contributed by atoms with Crippen molar-refractivity contribution in [1.82, 2.24) is 5.32 Å². The van der Waals surface area contributed by atoms with E-state index < -0.39 is 0 Å². The molecule has 1 aliphatic rings. The number of thioether (sulfide) groups is 1. The number of fused-ring (bicyclic) bond motifs is 1. The Hall–Kier alpha value is -0.670. The van der Waals surface area contributed by atoms with E-state index in [2.05, 4.69) is 51.2 Å². The zero-order valence-corrected chi connectivity index (χ0v) is 13.2. The maximum absolute atomic E-state index is 6.23. The molecule has 0 radical (unpaired) electrons. The van der Waals surface area contributed by atoms with Gasteiger partial charge in [-0.2, -0.15) is 0 Å². The summed E-state index contributed by atoms with van der Waals surface area (Å²) in [5.41, 5.74) is 0.201. The van der Waals surface area contributed by atoms with Crippen LogP contribution in [0.25, 0.3) is 0 Å². The number of para-hydroxylation sites is 1. The summed E-state index contributed by atoms with van der Waals surface area (Å²) in [7, 11) is 0. The fourth-order valence-corrected chi connectivity index (χ4v) is 3.53. The monoisotopic (exact) mass is 279 g/mol. The molecule has 0 aliphatic carbocycles. The summed E-state index contributed by atoms with van der Waals surface area (Å²) < 4.78 is 6.23. The summed E-state index contributed by atoms with van der Waals surface area (Å²) in [6.07, 6.45) is 1.40. The van der Waals surface area contributed by atoms with Gasteiger partial charge in [-0.15, -0.1) is 11.8 Å². The van der Waals surface area contributed by atoms with E-state index in [1.165, 1.54) is 4.90 Å². The Labute approximate surface area is 121 Å². The molecule has 2 atom stereocenters. The number of ether oxygens (including phenoxy) is 1. The van der Waals surface area contributed by atoms with Crippen LogP contribution in [0.15, 0.2) is 29.2 Å². The molecule has 2 unspecified atom stereocenters. The summed E-state index contributed by atoms with van der Waals surface area (Å²) in [6.45, 7) is 10.1. The molecule has 0 fully saturated rings. The Kier molecular flexibility index (Phi) is 4.80. The molecule has 1 aliphatic heterocycles. The maximum Gasteiger partial charge on any atom is 0.133 e. The van der Waals surface area contributed by atoms with Crippen molar-refractivity contribution >= 4 is 11.8 Å². The lowest BCUT2D eigenvalue weighted by Crippen LogP contribution is -2.53. The molecule has 0 saturated carbocycles. The van der Waals surface area contributed by atoms with Crippen molar-refractivity contribution in [2.45, 2.75) is 51.2 Å². The third kappa shape index (κ3) is 3.67. The zero-order chi connectivity index (χ0) is 13.9. The quantitative estimate of drug-likeness (QED) is 0.901. The van der Waals surface area contributed by atoms with Crippen LogP contribution in [0.3, 0.4) is 0 Å². The summed E-state index contributed by atoms with van der Waals surface area (Å²) in [4.78, 5) is 1.27. The number of hydrogen-bond acceptors (Lipinski definition) is 3. The van der Waals surface area contributed by atoms with Gasteiger partial charge < -0.3 is 10.1 Å². The second-order valence-corrected chi connectivity index (χ2v) is 7.27. The average molecular weight is 279 g/mol. The number of nitrogens with one attached hydrogen (secondary N) is 1. The van der Waals surface area contributed by atoms with Crippen LogP contribution in [0.2, 0.25) is 0 Å². The minimum absolute atomic E-state index is 0.201. The standard InChI is InChI=1S/C16H25NOS/c1-5-10-17-15(16(2,3)4)13-11-19-14-9-7-6-8-12(14)18-13/h6-9,13,15,17H,5,10-11H2,1-4H3. The van der Waals surface area contributed by atoms with Crippen molar-refractivity contribution in [1.29, 1.82) is 0 Å². The molecule has 0 bridgehead atoms. The maximum atomic E-state index is 6.23. The van der Waals surface area contributed by atoms with E-state index in [-0.39, 0.29) is 11.5 Å². The van der Waals surface area contributed by atoms with Crippen molar-refractivity contribution in [2.75, 3.05) is 12.3 Å². The summed E-state index contributed by atoms with van der Waals surface area (Å²) in [5, 5.41) is 3.67. The first kappa shape index (κ1) is 14.7. The van der Waals surface area contributed by atoms with Gasteiger partial charge in [-0.3, -0.25) is 0 Å². The lowest BCUT2D eigenvalue weighted by Gasteiger charge is -2.39. The summed E-state index contributed by atoms with van der Waals surface area (Å²) >= 11 is 1.91. The zero-order valence-electron chi connectivity index (χ0n) is 12.4. The lowest BCUT2D eigenvalue weighted by molar-refractivity contribution is 0.102. The molecule has 2 nitrogen and oxygen atoms in total. The van der Waals surface area contributed by atoms with Crippen molar-refractivity contribution < 1.29 is 4.74 Å². The molecule has 0 aromatic heterocycles. The average Bonchev–Trinajstić information content (AvgIpc) is 2.37. The first-order chi connectivity index (χ1) is 9.02. The molecule has 1 aromatic rings. The second-order valence-electron chi connectivity index (χ2n) is 6.21. The fourth-order valence-electron chi connectivity index (χ4n) is 2.50. The molecule has 1 heterocycles. The van der Waals surface area contributed by atoms with E-state index >= 15 is 0 Å². The normalized spacial score (nSPS) is 20.5. The molecule has 0 amide bonds. The van der Waals surface area contributed by atoms with Crippen LogP contribution in [0.4, 0.5) is 0 Å². The fraction of sp³-hybridized carbons (Fsp3) is 0.625. The molecule has 0 spiro atoms. The van der Waals surface area contributed by atoms with Gasteiger partial charge in [0.15, 0.2) is 0 Å². The smallest absolute Gasteiger partial charge is 0.133 e. The summed E-state index contributed by atoms with van der Waals surface area (Å²) in [6, 6.07) is 8.73. The van der Waals surface area contributed by atoms with Crippen molar-refractivity contribution in [3.8, 4) is 5.75 Å². The molecule has 106 valence electrons. The predicted molar refractivity (Wildman–Crippen MR) is 83.1 cm³/mol. The van der Waals surface area contributed by atoms with Gasteiger partial charge in [0, 0.05) is 16.7 Å². The van der Waals surface area contributed by atoms with E-state index in [9.17, 15) is 0 Å². The van der Waals surface area contributed by atoms with Crippen molar-refractivity contribution in [3.63, 3.8) is 0 Å². The van der Waals surface area contributed by atoms with E-state index in [0.717, 1.165) is 24.5 Å². The molecule has 0 saturated heterocycles. The predicted octanol–water partition coefficient (Wildman–Crippen LogP) is 3.95. The minimum atomic E-state index is 0.201. The Morgan fingerprint density at radius 3 is 2.79 bits per heavy atom. The Bertz CT molecular complexity index is 413. The Morgan fingerprint density at radius 1 is 1.37 bits per heavy atom. The molecular formula is C16H25NOS. The highest BCUT2D eigenvalue weighted by Crippen LogP contribution is 2.38. The van der Waals surface area contributed by atoms with E-state index in [1.54, 1.807) is 0 Å². The number of benzene rings is 1. The highest BCUT2D eigenvalue weighted by Gasteiger charge is 2.35. The highest BCUT2D eigenvalue weighted by molar-refractivity contribution is 7.99. The van der Waals surface area contributed by atoms with E-state index in [0.29, 0.717) is 6.04 Å². The lowest BCUT2D eigenvalue weighted by atomic mass is 9.83. The van der Waals surface area contributed by atoms with Crippen LogP contribution in [-0.4, -0.2) is 24.4 Å². The molecule has 3 heteroatoms. The highest BCUT2D eigenvalue weighted by atomic mass is 32.2. The molecule has 1 N–H and O–H groups in total. The van der Waals surface area contributed by atoms with Crippen molar-refractivity contribution in [2.24, 2.45) is 5.41 Å². The molecule has 1 aromatic carbocycles. The van der Waals surface area contributed by atoms with Crippen LogP contribution in [0.5, 0.6) is 5.75 Å². The topological polar surface area (TPSA) is 21.3 Å². The Balaban J connectivity index is 2.12. The number of hydrogen-bond donors (Lipinski definition) is 1.